The van der Waals surface area contributed by atoms with Crippen LogP contribution in [-0.4, -0.2) is 12.1 Å². The third-order valence-corrected chi connectivity index (χ3v) is 3.30. The highest BCUT2D eigenvalue weighted by molar-refractivity contribution is 9.11. The number of pyridine rings is 1. The summed E-state index contributed by atoms with van der Waals surface area (Å²) < 4.78 is 7.04. The first-order chi connectivity index (χ1) is 7.15. The van der Waals surface area contributed by atoms with E-state index in [-0.39, 0.29) is 0 Å². The van der Waals surface area contributed by atoms with Gasteiger partial charge in [0.05, 0.1) is 22.5 Å². The summed E-state index contributed by atoms with van der Waals surface area (Å²) in [5.74, 6) is 0.707. The van der Waals surface area contributed by atoms with Crippen LogP contribution in [0.25, 0.3) is 10.9 Å². The van der Waals surface area contributed by atoms with E-state index in [0.29, 0.717) is 11.4 Å². The Morgan fingerprint density at radius 1 is 1.33 bits per heavy atom. The van der Waals surface area contributed by atoms with Gasteiger partial charge in [-0.15, -0.1) is 0 Å². The molecular weight excluding hydrogens is 324 g/mol. The van der Waals surface area contributed by atoms with E-state index in [2.05, 4.69) is 36.8 Å². The molecule has 0 aliphatic rings. The second kappa shape index (κ2) is 3.98. The Hall–Kier alpha value is -0.810. The van der Waals surface area contributed by atoms with Gasteiger partial charge in [0.15, 0.2) is 0 Å². The zero-order valence-corrected chi connectivity index (χ0v) is 11.1. The standard InChI is InChI=1S/C10H8Br2N2O/c1-15-10-6(12)4-5(11)9-8(10)7(13)2-3-14-9/h2-4H,1H3,(H2,13,14). The van der Waals surface area contributed by atoms with Crippen molar-refractivity contribution < 1.29 is 4.74 Å². The van der Waals surface area contributed by atoms with Crippen LogP contribution in [0.4, 0.5) is 5.69 Å². The van der Waals surface area contributed by atoms with Crippen LogP contribution >= 0.6 is 31.9 Å². The molecule has 2 N–H and O–H groups in total. The number of nitrogens with zero attached hydrogens (tertiary/aromatic N) is 1. The van der Waals surface area contributed by atoms with Gasteiger partial charge in [-0.05, 0) is 44.0 Å². The van der Waals surface area contributed by atoms with Gasteiger partial charge in [-0.25, -0.2) is 0 Å². The van der Waals surface area contributed by atoms with Crippen LogP contribution in [0.5, 0.6) is 5.75 Å². The summed E-state index contributed by atoms with van der Waals surface area (Å²) in [6.07, 6.45) is 1.68. The number of anilines is 1. The molecule has 0 fully saturated rings. The smallest absolute Gasteiger partial charge is 0.144 e. The second-order valence-corrected chi connectivity index (χ2v) is 4.71. The Balaban J connectivity index is 2.98. The third kappa shape index (κ3) is 1.70. The maximum absolute atomic E-state index is 5.91. The molecule has 0 aliphatic heterocycles. The number of hydrogen-bond donors (Lipinski definition) is 1. The molecule has 0 bridgehead atoms. The highest BCUT2D eigenvalue weighted by atomic mass is 79.9. The maximum atomic E-state index is 5.91. The van der Waals surface area contributed by atoms with Gasteiger partial charge in [0.1, 0.15) is 5.75 Å². The van der Waals surface area contributed by atoms with Crippen LogP contribution < -0.4 is 10.5 Å². The average molecular weight is 332 g/mol. The van der Waals surface area contributed by atoms with Gasteiger partial charge in [-0.1, -0.05) is 0 Å². The molecule has 0 amide bonds. The van der Waals surface area contributed by atoms with E-state index in [4.69, 9.17) is 10.5 Å². The van der Waals surface area contributed by atoms with Crippen LogP contribution in [0.1, 0.15) is 0 Å². The number of halogens is 2. The lowest BCUT2D eigenvalue weighted by molar-refractivity contribution is 0.417. The molecule has 0 saturated heterocycles. The molecule has 0 aliphatic carbocycles. The van der Waals surface area contributed by atoms with Crippen molar-refractivity contribution >= 4 is 48.5 Å². The molecule has 1 aromatic heterocycles. The van der Waals surface area contributed by atoms with Crippen LogP contribution in [0.2, 0.25) is 0 Å². The fraction of sp³-hybridized carbons (Fsp3) is 0.100. The predicted molar refractivity (Wildman–Crippen MR) is 68.1 cm³/mol. The number of fused-ring (bicyclic) bond motifs is 1. The normalized spacial score (nSPS) is 10.6. The summed E-state index contributed by atoms with van der Waals surface area (Å²) in [5, 5.41) is 0.821. The van der Waals surface area contributed by atoms with Crippen molar-refractivity contribution in [3.8, 4) is 5.75 Å². The van der Waals surface area contributed by atoms with Crippen molar-refractivity contribution in [2.45, 2.75) is 0 Å². The monoisotopic (exact) mass is 330 g/mol. The summed E-state index contributed by atoms with van der Waals surface area (Å²) in [4.78, 5) is 4.26. The van der Waals surface area contributed by atoms with Gasteiger partial charge in [-0.2, -0.15) is 0 Å². The van der Waals surface area contributed by atoms with E-state index in [9.17, 15) is 0 Å². The van der Waals surface area contributed by atoms with Crippen LogP contribution in [-0.2, 0) is 0 Å². The van der Waals surface area contributed by atoms with Gasteiger partial charge >= 0.3 is 0 Å². The first kappa shape index (κ1) is 10.7. The fourth-order valence-electron chi connectivity index (χ4n) is 1.46. The number of nitrogen functional groups attached to an aromatic ring is 1. The predicted octanol–water partition coefficient (Wildman–Crippen LogP) is 3.35. The minimum absolute atomic E-state index is 0.652. The molecule has 0 saturated carbocycles. The first-order valence-electron chi connectivity index (χ1n) is 4.21. The van der Waals surface area contributed by atoms with Gasteiger partial charge in [-0.3, -0.25) is 4.98 Å². The summed E-state index contributed by atoms with van der Waals surface area (Å²) in [6, 6.07) is 3.65. The lowest BCUT2D eigenvalue weighted by Gasteiger charge is -2.10. The molecule has 2 aromatic rings. The molecule has 3 nitrogen and oxygen atoms in total. The van der Waals surface area contributed by atoms with Crippen molar-refractivity contribution in [1.29, 1.82) is 0 Å². The van der Waals surface area contributed by atoms with Gasteiger partial charge < -0.3 is 10.5 Å². The van der Waals surface area contributed by atoms with Crippen molar-refractivity contribution in [2.24, 2.45) is 0 Å². The lowest BCUT2D eigenvalue weighted by Crippen LogP contribution is -1.94. The zero-order valence-electron chi connectivity index (χ0n) is 7.92. The fourth-order valence-corrected chi connectivity index (χ4v) is 2.89. The second-order valence-electron chi connectivity index (χ2n) is 3.00. The Kier molecular flexibility index (Phi) is 2.84. The largest absolute Gasteiger partial charge is 0.495 e. The molecule has 0 spiro atoms. The third-order valence-electron chi connectivity index (χ3n) is 2.11. The number of hydrogen-bond acceptors (Lipinski definition) is 3. The van der Waals surface area contributed by atoms with Gasteiger partial charge in [0.25, 0.3) is 0 Å². The number of ether oxygens (including phenoxy) is 1. The van der Waals surface area contributed by atoms with Crippen LogP contribution in [0, 0.1) is 0 Å². The van der Waals surface area contributed by atoms with Gasteiger partial charge in [0.2, 0.25) is 0 Å². The number of aromatic nitrogens is 1. The van der Waals surface area contributed by atoms with Crippen LogP contribution in [0.15, 0.2) is 27.3 Å². The van der Waals surface area contributed by atoms with E-state index in [1.807, 2.05) is 6.07 Å². The van der Waals surface area contributed by atoms with Crippen molar-refractivity contribution in [3.05, 3.63) is 27.3 Å². The summed E-state index contributed by atoms with van der Waals surface area (Å²) in [6.45, 7) is 0. The SMILES string of the molecule is COc1c(Br)cc(Br)c2nccc(N)c12. The molecule has 15 heavy (non-hydrogen) atoms. The average Bonchev–Trinajstić information content (AvgIpc) is 2.20. The zero-order chi connectivity index (χ0) is 11.0. The Morgan fingerprint density at radius 2 is 2.07 bits per heavy atom. The summed E-state index contributed by atoms with van der Waals surface area (Å²) >= 11 is 6.87. The van der Waals surface area contributed by atoms with E-state index < -0.39 is 0 Å². The topological polar surface area (TPSA) is 48.1 Å². The molecule has 2 rings (SSSR count). The summed E-state index contributed by atoms with van der Waals surface area (Å²) in [7, 11) is 1.61. The van der Waals surface area contributed by atoms with E-state index in [1.54, 1.807) is 19.4 Å². The minimum atomic E-state index is 0.652. The first-order valence-corrected chi connectivity index (χ1v) is 5.80. The van der Waals surface area contributed by atoms with Gasteiger partial charge in [0, 0.05) is 16.4 Å². The Bertz CT molecular complexity index is 528. The van der Waals surface area contributed by atoms with Crippen molar-refractivity contribution in [2.75, 3.05) is 12.8 Å². The highest BCUT2D eigenvalue weighted by Gasteiger charge is 2.13. The van der Waals surface area contributed by atoms with Crippen LogP contribution in [0.3, 0.4) is 0 Å². The molecule has 0 radical (unpaired) electrons. The maximum Gasteiger partial charge on any atom is 0.144 e. The number of rotatable bonds is 1. The van der Waals surface area contributed by atoms with E-state index in [0.717, 1.165) is 19.8 Å². The minimum Gasteiger partial charge on any atom is -0.495 e. The molecule has 1 heterocycles. The molecular formula is C10H8Br2N2O. The van der Waals surface area contributed by atoms with E-state index in [1.165, 1.54) is 0 Å². The molecule has 5 heteroatoms. The number of benzene rings is 1. The highest BCUT2D eigenvalue weighted by Crippen LogP contribution is 2.39. The Labute approximate surface area is 104 Å². The molecule has 0 unspecified atom stereocenters. The number of nitrogens with two attached hydrogens (primary N) is 1. The van der Waals surface area contributed by atoms with E-state index >= 15 is 0 Å². The van der Waals surface area contributed by atoms with Crippen molar-refractivity contribution in [3.63, 3.8) is 0 Å². The molecule has 0 atom stereocenters. The molecule has 1 aromatic carbocycles. The van der Waals surface area contributed by atoms with Crippen molar-refractivity contribution in [1.82, 2.24) is 4.98 Å². The number of methoxy groups -OCH3 is 1. The Morgan fingerprint density at radius 3 is 2.73 bits per heavy atom. The lowest BCUT2D eigenvalue weighted by atomic mass is 10.1. The molecule has 78 valence electrons. The summed E-state index contributed by atoms with van der Waals surface area (Å²) in [5.41, 5.74) is 7.36. The quantitative estimate of drug-likeness (QED) is 0.871.